The van der Waals surface area contributed by atoms with E-state index in [1.165, 1.54) is 12.4 Å². The molecule has 1 aromatic carbocycles. The second-order valence-electron chi connectivity index (χ2n) is 5.71. The molecule has 138 valence electrons. The molecule has 4 aromatic rings. The number of hydrogen-bond acceptors (Lipinski definition) is 8. The number of aromatic amines is 2. The van der Waals surface area contributed by atoms with Crippen LogP contribution in [0.25, 0.3) is 39.7 Å². The molecule has 3 heterocycles. The first-order valence-electron chi connectivity index (χ1n) is 8.31. The molecule has 0 atom stereocenters. The standard InChI is InChI=1S/C18H16N10/c19-6-4-13(9-20)17-23-15(25-27-17)11-2-1-3-12(8-11)16-24-18(28-26-16)14-5-7-21-22-10-14/h1-10H,19-20H2,(H,23,25,27)(H,24,26,28)/b6-4-,13-9?. The Hall–Kier alpha value is -4.34. The predicted molar refractivity (Wildman–Crippen MR) is 104 cm³/mol. The lowest BCUT2D eigenvalue weighted by Gasteiger charge is -2.00. The molecule has 0 fully saturated rings. The largest absolute Gasteiger partial charge is 0.405 e. The molecule has 0 saturated heterocycles. The van der Waals surface area contributed by atoms with Gasteiger partial charge in [0.05, 0.1) is 12.4 Å². The van der Waals surface area contributed by atoms with Gasteiger partial charge in [0, 0.05) is 28.5 Å². The fourth-order valence-electron chi connectivity index (χ4n) is 2.59. The number of hydrogen-bond donors (Lipinski definition) is 4. The average molecular weight is 372 g/mol. The summed E-state index contributed by atoms with van der Waals surface area (Å²) in [5.41, 5.74) is 14.1. The lowest BCUT2D eigenvalue weighted by molar-refractivity contribution is 1.02. The minimum Gasteiger partial charge on any atom is -0.405 e. The molecule has 0 aliphatic carbocycles. The Morgan fingerprint density at radius 3 is 2.39 bits per heavy atom. The Bertz CT molecular complexity index is 1140. The Morgan fingerprint density at radius 1 is 0.893 bits per heavy atom. The average Bonchev–Trinajstić information content (AvgIpc) is 3.43. The van der Waals surface area contributed by atoms with Crippen LogP contribution in [0.4, 0.5) is 0 Å². The number of nitrogens with two attached hydrogens (primary N) is 2. The fraction of sp³-hybridized carbons (Fsp3) is 0. The Kier molecular flexibility index (Phi) is 4.58. The third-order valence-corrected chi connectivity index (χ3v) is 3.94. The maximum absolute atomic E-state index is 5.60. The van der Waals surface area contributed by atoms with Crippen molar-refractivity contribution in [3.63, 3.8) is 0 Å². The number of nitrogens with zero attached hydrogens (tertiary/aromatic N) is 6. The first kappa shape index (κ1) is 17.1. The summed E-state index contributed by atoms with van der Waals surface area (Å²) in [6.45, 7) is 0. The van der Waals surface area contributed by atoms with Crippen LogP contribution in [-0.4, -0.2) is 40.6 Å². The van der Waals surface area contributed by atoms with Crippen molar-refractivity contribution < 1.29 is 0 Å². The van der Waals surface area contributed by atoms with Crippen LogP contribution in [0.1, 0.15) is 5.82 Å². The number of rotatable bonds is 5. The van der Waals surface area contributed by atoms with Crippen LogP contribution in [0.5, 0.6) is 0 Å². The zero-order chi connectivity index (χ0) is 19.3. The lowest BCUT2D eigenvalue weighted by Crippen LogP contribution is -1.91. The zero-order valence-corrected chi connectivity index (χ0v) is 14.6. The topological polar surface area (TPSA) is 161 Å². The van der Waals surface area contributed by atoms with Gasteiger partial charge in [-0.15, -0.1) is 0 Å². The lowest BCUT2D eigenvalue weighted by atomic mass is 10.1. The number of aromatic nitrogens is 8. The monoisotopic (exact) mass is 372 g/mol. The zero-order valence-electron chi connectivity index (χ0n) is 14.6. The van der Waals surface area contributed by atoms with Crippen molar-refractivity contribution in [3.8, 4) is 34.2 Å². The molecule has 0 aliphatic rings. The number of H-pyrrole nitrogens is 2. The molecule has 3 aromatic heterocycles. The Labute approximate surface area is 159 Å². The van der Waals surface area contributed by atoms with E-state index in [4.69, 9.17) is 11.5 Å². The molecule has 0 unspecified atom stereocenters. The molecule has 0 aliphatic heterocycles. The van der Waals surface area contributed by atoms with Crippen LogP contribution < -0.4 is 11.5 Å². The van der Waals surface area contributed by atoms with Crippen molar-refractivity contribution in [2.75, 3.05) is 0 Å². The minimum absolute atomic E-state index is 0.455. The van der Waals surface area contributed by atoms with Gasteiger partial charge in [-0.2, -0.15) is 20.4 Å². The van der Waals surface area contributed by atoms with E-state index in [9.17, 15) is 0 Å². The number of allylic oxidation sites excluding steroid dienone is 2. The van der Waals surface area contributed by atoms with Crippen molar-refractivity contribution in [2.45, 2.75) is 0 Å². The van der Waals surface area contributed by atoms with Gasteiger partial charge in [-0.3, -0.25) is 10.2 Å². The Morgan fingerprint density at radius 2 is 1.68 bits per heavy atom. The first-order chi connectivity index (χ1) is 13.8. The maximum Gasteiger partial charge on any atom is 0.183 e. The van der Waals surface area contributed by atoms with E-state index in [1.807, 2.05) is 24.3 Å². The van der Waals surface area contributed by atoms with Crippen molar-refractivity contribution >= 4 is 5.57 Å². The van der Waals surface area contributed by atoms with Gasteiger partial charge in [0.1, 0.15) is 0 Å². The summed E-state index contributed by atoms with van der Waals surface area (Å²) in [6.07, 6.45) is 7.62. The molecule has 6 N–H and O–H groups in total. The molecule has 0 bridgehead atoms. The molecule has 0 amide bonds. The quantitative estimate of drug-likeness (QED) is 0.383. The van der Waals surface area contributed by atoms with E-state index in [2.05, 4.69) is 40.6 Å². The van der Waals surface area contributed by atoms with E-state index < -0.39 is 0 Å². The van der Waals surface area contributed by atoms with E-state index in [1.54, 1.807) is 24.5 Å². The molecule has 0 radical (unpaired) electrons. The maximum atomic E-state index is 5.60. The third-order valence-electron chi connectivity index (χ3n) is 3.94. The second kappa shape index (κ2) is 7.50. The summed E-state index contributed by atoms with van der Waals surface area (Å²) in [5.74, 6) is 2.22. The van der Waals surface area contributed by atoms with Gasteiger partial charge in [0.15, 0.2) is 23.3 Å². The van der Waals surface area contributed by atoms with Crippen molar-refractivity contribution in [1.82, 2.24) is 40.6 Å². The van der Waals surface area contributed by atoms with Crippen molar-refractivity contribution in [3.05, 3.63) is 67.0 Å². The fourth-order valence-corrected chi connectivity index (χ4v) is 2.59. The molecule has 10 nitrogen and oxygen atoms in total. The van der Waals surface area contributed by atoms with Gasteiger partial charge in [-0.1, -0.05) is 18.2 Å². The van der Waals surface area contributed by atoms with Crippen LogP contribution in [0.15, 0.2) is 61.2 Å². The van der Waals surface area contributed by atoms with E-state index in [0.717, 1.165) is 16.7 Å². The van der Waals surface area contributed by atoms with Gasteiger partial charge in [0.25, 0.3) is 0 Å². The van der Waals surface area contributed by atoms with Crippen LogP contribution >= 0.6 is 0 Å². The van der Waals surface area contributed by atoms with Gasteiger partial charge in [-0.05, 0) is 24.4 Å². The van der Waals surface area contributed by atoms with Crippen LogP contribution in [-0.2, 0) is 0 Å². The predicted octanol–water partition coefficient (Wildman–Crippen LogP) is 1.49. The molecular formula is C18H16N10. The van der Waals surface area contributed by atoms with Gasteiger partial charge in [0.2, 0.25) is 0 Å². The van der Waals surface area contributed by atoms with E-state index in [0.29, 0.717) is 28.9 Å². The summed E-state index contributed by atoms with van der Waals surface area (Å²) < 4.78 is 0. The summed E-state index contributed by atoms with van der Waals surface area (Å²) in [5, 5.41) is 21.9. The van der Waals surface area contributed by atoms with Crippen LogP contribution in [0.3, 0.4) is 0 Å². The second-order valence-corrected chi connectivity index (χ2v) is 5.71. The number of nitrogens with one attached hydrogen (secondary N) is 2. The summed E-state index contributed by atoms with van der Waals surface area (Å²) in [6, 6.07) is 9.48. The van der Waals surface area contributed by atoms with Crippen LogP contribution in [0.2, 0.25) is 0 Å². The van der Waals surface area contributed by atoms with Gasteiger partial charge >= 0.3 is 0 Å². The normalized spacial score (nSPS) is 11.9. The molecular weight excluding hydrogens is 356 g/mol. The number of benzene rings is 1. The van der Waals surface area contributed by atoms with E-state index >= 15 is 0 Å². The highest BCUT2D eigenvalue weighted by Gasteiger charge is 2.12. The van der Waals surface area contributed by atoms with Gasteiger partial charge < -0.3 is 11.5 Å². The highest BCUT2D eigenvalue weighted by atomic mass is 15.2. The molecule has 10 heteroatoms. The van der Waals surface area contributed by atoms with Crippen molar-refractivity contribution in [1.29, 1.82) is 0 Å². The SMILES string of the molecule is NC=C(/C=C\N)c1n[nH]c(-c2cccc(-c3nc(-c4ccnnc4)n[nH]3)c2)n1. The highest BCUT2D eigenvalue weighted by molar-refractivity contribution is 5.71. The Balaban J connectivity index is 1.64. The molecule has 0 saturated carbocycles. The summed E-state index contributed by atoms with van der Waals surface area (Å²) >= 11 is 0. The van der Waals surface area contributed by atoms with E-state index in [-0.39, 0.29) is 0 Å². The first-order valence-corrected chi connectivity index (χ1v) is 8.31. The summed E-state index contributed by atoms with van der Waals surface area (Å²) in [7, 11) is 0. The smallest absolute Gasteiger partial charge is 0.183 e. The third kappa shape index (κ3) is 3.33. The molecule has 28 heavy (non-hydrogen) atoms. The summed E-state index contributed by atoms with van der Waals surface area (Å²) in [4.78, 5) is 9.00. The molecule has 0 spiro atoms. The van der Waals surface area contributed by atoms with Gasteiger partial charge in [-0.25, -0.2) is 9.97 Å². The van der Waals surface area contributed by atoms with Crippen molar-refractivity contribution in [2.24, 2.45) is 11.5 Å². The highest BCUT2D eigenvalue weighted by Crippen LogP contribution is 2.24. The van der Waals surface area contributed by atoms with Crippen LogP contribution in [0, 0.1) is 0 Å². The molecule has 4 rings (SSSR count). The minimum atomic E-state index is 0.455.